The van der Waals surface area contributed by atoms with Gasteiger partial charge in [-0.3, -0.25) is 18.9 Å². The highest BCUT2D eigenvalue weighted by molar-refractivity contribution is 7.55. The first-order valence-electron chi connectivity index (χ1n) is 7.22. The number of aliphatic hydroxyl groups excluding tert-OH is 2. The van der Waals surface area contributed by atoms with Crippen LogP contribution in [0, 0.1) is 0 Å². The fourth-order valence-electron chi connectivity index (χ4n) is 2.50. The molecule has 3 unspecified atom stereocenters. The van der Waals surface area contributed by atoms with Crippen molar-refractivity contribution in [3.63, 3.8) is 0 Å². The van der Waals surface area contributed by atoms with E-state index in [1.165, 1.54) is 4.57 Å². The molecule has 0 spiro atoms. The van der Waals surface area contributed by atoms with Crippen molar-refractivity contribution in [1.29, 1.82) is 0 Å². The Balaban J connectivity index is 1.77. The second kappa shape index (κ2) is 7.39. The van der Waals surface area contributed by atoms with Gasteiger partial charge in [0.15, 0.2) is 17.4 Å². The monoisotopic (exact) mass is 427 g/mol. The Hall–Kier alpha value is -1.67. The molecule has 1 aliphatic rings. The zero-order chi connectivity index (χ0) is 19.9. The molecule has 5 atom stereocenters. The minimum absolute atomic E-state index is 0.00697. The van der Waals surface area contributed by atoms with Crippen LogP contribution < -0.4 is 11.3 Å². The lowest BCUT2D eigenvalue weighted by atomic mass is 10.1. The molecule has 2 aromatic rings. The van der Waals surface area contributed by atoms with E-state index in [4.69, 9.17) is 20.3 Å². The number of imidazole rings is 1. The largest absolute Gasteiger partial charge is 0.476 e. The third kappa shape index (κ3) is 4.27. The van der Waals surface area contributed by atoms with Gasteiger partial charge in [-0.25, -0.2) is 13.9 Å². The predicted octanol–water partition coefficient (Wildman–Crippen LogP) is -2.16. The van der Waals surface area contributed by atoms with Crippen LogP contribution in [0.3, 0.4) is 0 Å². The van der Waals surface area contributed by atoms with Gasteiger partial charge in [-0.1, -0.05) is 0 Å². The van der Waals surface area contributed by atoms with E-state index in [0.717, 1.165) is 6.33 Å². The first-order valence-corrected chi connectivity index (χ1v) is 9.98. The minimum atomic E-state index is -5.01. The Morgan fingerprint density at radius 1 is 1.41 bits per heavy atom. The lowest BCUT2D eigenvalue weighted by molar-refractivity contribution is -0.0476. The summed E-state index contributed by atoms with van der Waals surface area (Å²) in [6, 6.07) is 0. The molecule has 3 heterocycles. The maximum absolute atomic E-state index is 11.8. The standard InChI is InChI=1S/C10H15N5O10P2/c11-10-13-7-4(8(18)14-10)12-2-15(7)9-6(17)5(16)3(24-9)1-23-26(19)25-27(20,21)22/h2-3,5-6,9,16-17,26H,1H2,(H2,20,21,22)(H3,11,13,14,18)/t3-,5?,6?,9-/m1/s1. The fraction of sp³-hybridized carbons (Fsp3) is 0.500. The topological polar surface area (TPSA) is 232 Å². The molecule has 150 valence electrons. The molecule has 0 bridgehead atoms. The molecule has 0 aromatic carbocycles. The molecule has 27 heavy (non-hydrogen) atoms. The lowest BCUT2D eigenvalue weighted by Gasteiger charge is -2.16. The van der Waals surface area contributed by atoms with Crippen molar-refractivity contribution in [3.8, 4) is 0 Å². The van der Waals surface area contributed by atoms with Crippen molar-refractivity contribution in [2.75, 3.05) is 12.3 Å². The second-order valence-corrected chi connectivity index (χ2v) is 7.96. The molecule has 3 rings (SSSR count). The Morgan fingerprint density at radius 3 is 2.78 bits per heavy atom. The Labute approximate surface area is 149 Å². The molecular weight excluding hydrogens is 412 g/mol. The van der Waals surface area contributed by atoms with Crippen LogP contribution >= 0.6 is 16.1 Å². The molecule has 0 amide bonds. The van der Waals surface area contributed by atoms with Crippen LogP contribution in [0.2, 0.25) is 0 Å². The van der Waals surface area contributed by atoms with Crippen molar-refractivity contribution in [1.82, 2.24) is 19.5 Å². The van der Waals surface area contributed by atoms with Crippen LogP contribution in [-0.4, -0.2) is 64.4 Å². The summed E-state index contributed by atoms with van der Waals surface area (Å²) in [4.78, 5) is 38.9. The second-order valence-electron chi connectivity index (χ2n) is 5.46. The Bertz CT molecular complexity index is 971. The molecule has 2 aromatic heterocycles. The third-order valence-corrected chi connectivity index (χ3v) is 5.57. The highest BCUT2D eigenvalue weighted by Crippen LogP contribution is 2.48. The normalized spacial score (nSPS) is 27.3. The molecule has 17 heteroatoms. The molecule has 0 radical (unpaired) electrons. The quantitative estimate of drug-likeness (QED) is 0.270. The van der Waals surface area contributed by atoms with Gasteiger partial charge in [-0.15, -0.1) is 0 Å². The molecule has 1 aliphatic heterocycles. The first-order chi connectivity index (χ1) is 12.6. The van der Waals surface area contributed by atoms with Crippen LogP contribution in [0.5, 0.6) is 0 Å². The molecule has 1 fully saturated rings. The van der Waals surface area contributed by atoms with Gasteiger partial charge in [-0.05, 0) is 0 Å². The number of ether oxygens (including phenoxy) is 1. The van der Waals surface area contributed by atoms with E-state index in [0.29, 0.717) is 0 Å². The number of nitrogens with one attached hydrogen (secondary N) is 1. The van der Waals surface area contributed by atoms with E-state index in [2.05, 4.69) is 23.8 Å². The number of aromatic amines is 1. The number of aromatic nitrogens is 4. The van der Waals surface area contributed by atoms with Crippen molar-refractivity contribution in [2.45, 2.75) is 24.5 Å². The molecule has 0 aliphatic carbocycles. The summed E-state index contributed by atoms with van der Waals surface area (Å²) in [7, 11) is -8.58. The number of anilines is 1. The number of rotatable bonds is 6. The first kappa shape index (κ1) is 20.1. The molecule has 15 nitrogen and oxygen atoms in total. The summed E-state index contributed by atoms with van der Waals surface area (Å²) in [5.41, 5.74) is 4.79. The van der Waals surface area contributed by atoms with Gasteiger partial charge < -0.3 is 35.0 Å². The van der Waals surface area contributed by atoms with E-state index < -0.39 is 52.8 Å². The van der Waals surface area contributed by atoms with Crippen LogP contribution in [0.25, 0.3) is 11.2 Å². The summed E-state index contributed by atoms with van der Waals surface area (Å²) in [6.45, 7) is -0.602. The van der Waals surface area contributed by atoms with E-state index in [-0.39, 0.29) is 17.1 Å². The lowest BCUT2D eigenvalue weighted by Crippen LogP contribution is -2.33. The average Bonchev–Trinajstić information content (AvgIpc) is 3.07. The summed E-state index contributed by atoms with van der Waals surface area (Å²) in [5.74, 6) is -0.199. The number of aliphatic hydroxyl groups is 2. The third-order valence-electron chi connectivity index (χ3n) is 3.62. The van der Waals surface area contributed by atoms with Gasteiger partial charge in [0.25, 0.3) is 5.56 Å². The summed E-state index contributed by atoms with van der Waals surface area (Å²) < 4.78 is 37.0. The van der Waals surface area contributed by atoms with E-state index in [1.807, 2.05) is 0 Å². The van der Waals surface area contributed by atoms with Crippen molar-refractivity contribution in [3.05, 3.63) is 16.7 Å². The number of phosphoric acid groups is 1. The Morgan fingerprint density at radius 2 is 2.11 bits per heavy atom. The molecular formula is C10H15N5O10P2. The van der Waals surface area contributed by atoms with Gasteiger partial charge in [-0.2, -0.15) is 4.98 Å². The van der Waals surface area contributed by atoms with E-state index >= 15 is 0 Å². The molecule has 0 saturated carbocycles. The van der Waals surface area contributed by atoms with Gasteiger partial charge in [0, 0.05) is 0 Å². The van der Waals surface area contributed by atoms with Gasteiger partial charge in [0.2, 0.25) is 5.95 Å². The van der Waals surface area contributed by atoms with E-state index in [9.17, 15) is 24.1 Å². The number of fused-ring (bicyclic) bond motifs is 1. The van der Waals surface area contributed by atoms with Crippen LogP contribution in [0.4, 0.5) is 5.95 Å². The van der Waals surface area contributed by atoms with Crippen molar-refractivity contribution in [2.24, 2.45) is 0 Å². The smallest absolute Gasteiger partial charge is 0.387 e. The van der Waals surface area contributed by atoms with E-state index in [1.54, 1.807) is 0 Å². The van der Waals surface area contributed by atoms with Gasteiger partial charge in [0.1, 0.15) is 18.3 Å². The molecule has 7 N–H and O–H groups in total. The summed E-state index contributed by atoms with van der Waals surface area (Å²) >= 11 is 0. The highest BCUT2D eigenvalue weighted by atomic mass is 31.2. The maximum atomic E-state index is 11.8. The van der Waals surface area contributed by atoms with Crippen molar-refractivity contribution >= 4 is 33.2 Å². The summed E-state index contributed by atoms with van der Waals surface area (Å²) in [6.07, 6.45) is -4.34. The van der Waals surface area contributed by atoms with Crippen LogP contribution in [0.15, 0.2) is 11.1 Å². The Kier molecular flexibility index (Phi) is 5.49. The van der Waals surface area contributed by atoms with Gasteiger partial charge >= 0.3 is 16.1 Å². The zero-order valence-corrected chi connectivity index (χ0v) is 15.1. The van der Waals surface area contributed by atoms with Crippen LogP contribution in [0.1, 0.15) is 6.23 Å². The highest BCUT2D eigenvalue weighted by Gasteiger charge is 2.44. The minimum Gasteiger partial charge on any atom is -0.387 e. The van der Waals surface area contributed by atoms with Crippen LogP contribution in [-0.2, 0) is 22.7 Å². The predicted molar refractivity (Wildman–Crippen MR) is 86.6 cm³/mol. The maximum Gasteiger partial charge on any atom is 0.476 e. The number of nitrogens with two attached hydrogens (primary N) is 1. The number of nitrogens with zero attached hydrogens (tertiary/aromatic N) is 3. The number of H-pyrrole nitrogens is 1. The SMILES string of the molecule is Nc1nc2c(ncn2[C@@H]2O[C@H](CO[PH](=O)OP(=O)(O)O)C(O)C2O)c(=O)[nH]1. The number of nitrogen functional groups attached to an aromatic ring is 1. The average molecular weight is 427 g/mol. The summed E-state index contributed by atoms with van der Waals surface area (Å²) in [5, 5.41) is 20.3. The zero-order valence-electron chi connectivity index (χ0n) is 13.2. The van der Waals surface area contributed by atoms with Gasteiger partial charge in [0.05, 0.1) is 12.9 Å². The molecule has 1 saturated heterocycles. The van der Waals surface area contributed by atoms with Crippen molar-refractivity contribution < 1.29 is 42.7 Å². The number of hydrogen-bond acceptors (Lipinski definition) is 11. The fourth-order valence-corrected chi connectivity index (χ4v) is 3.79. The number of hydrogen-bond donors (Lipinski definition) is 6.